The fraction of sp³-hybridized carbons (Fsp3) is 0.222. The third kappa shape index (κ3) is 4.92. The molecule has 0 amide bonds. The van der Waals surface area contributed by atoms with Gasteiger partial charge in [-0.3, -0.25) is 0 Å². The normalized spacial score (nSPS) is 9.32. The van der Waals surface area contributed by atoms with E-state index in [2.05, 4.69) is 15.0 Å². The third-order valence-electron chi connectivity index (χ3n) is 1.89. The minimum Gasteiger partial charge on any atom is -0.370 e. The minimum atomic E-state index is 0. The van der Waals surface area contributed by atoms with Crippen LogP contribution in [0, 0.1) is 0 Å². The van der Waals surface area contributed by atoms with Gasteiger partial charge in [0, 0.05) is 17.2 Å². The van der Waals surface area contributed by atoms with Gasteiger partial charge in [-0.05, 0) is 6.54 Å². The highest BCUT2D eigenvalue weighted by atomic mass is 35.5. The van der Waals surface area contributed by atoms with E-state index in [0.29, 0.717) is 11.7 Å². The molecule has 0 aliphatic heterocycles. The molecule has 0 atom stereocenters. The number of guanidine groups is 1. The van der Waals surface area contributed by atoms with Crippen LogP contribution >= 0.6 is 47.5 Å². The van der Waals surface area contributed by atoms with Gasteiger partial charge in [-0.2, -0.15) is 4.99 Å². The van der Waals surface area contributed by atoms with Crippen LogP contribution in [0.15, 0.2) is 15.8 Å². The van der Waals surface area contributed by atoms with Crippen molar-refractivity contribution in [2.75, 3.05) is 6.54 Å². The van der Waals surface area contributed by atoms with Gasteiger partial charge in [-0.25, -0.2) is 9.97 Å². The highest BCUT2D eigenvalue weighted by Gasteiger charge is 2.08. The summed E-state index contributed by atoms with van der Waals surface area (Å²) in [5.74, 6) is 0.00741. The lowest BCUT2D eigenvalue weighted by molar-refractivity contribution is 0.953. The molecule has 106 valence electrons. The topological polar surface area (TPSA) is 116 Å². The number of halogens is 2. The minimum absolute atomic E-state index is 0. The molecule has 0 spiro atoms. The van der Waals surface area contributed by atoms with Gasteiger partial charge in [0.05, 0.1) is 5.01 Å². The van der Waals surface area contributed by atoms with Crippen molar-refractivity contribution in [1.82, 2.24) is 9.97 Å². The van der Waals surface area contributed by atoms with Crippen LogP contribution in [-0.4, -0.2) is 22.5 Å². The monoisotopic (exact) mass is 340 g/mol. The molecule has 0 unspecified atom stereocenters. The number of aromatic nitrogens is 2. The van der Waals surface area contributed by atoms with Crippen LogP contribution in [0.3, 0.4) is 0 Å². The fourth-order valence-electron chi connectivity index (χ4n) is 1.21. The van der Waals surface area contributed by atoms with Gasteiger partial charge in [0.15, 0.2) is 5.96 Å². The summed E-state index contributed by atoms with van der Waals surface area (Å²) < 4.78 is 0. The second-order valence-electron chi connectivity index (χ2n) is 3.22. The Morgan fingerprint density at radius 1 is 1.11 bits per heavy atom. The van der Waals surface area contributed by atoms with Gasteiger partial charge in [-0.15, -0.1) is 47.5 Å². The highest BCUT2D eigenvalue weighted by molar-refractivity contribution is 7.13. The third-order valence-corrected chi connectivity index (χ3v) is 3.53. The van der Waals surface area contributed by atoms with Crippen LogP contribution in [0.2, 0.25) is 0 Å². The molecule has 0 aliphatic carbocycles. The average Bonchev–Trinajstić information content (AvgIpc) is 2.86. The van der Waals surface area contributed by atoms with Crippen molar-refractivity contribution in [3.05, 3.63) is 15.8 Å². The molecule has 2 rings (SSSR count). The molecule has 0 saturated heterocycles. The van der Waals surface area contributed by atoms with Gasteiger partial charge in [0.1, 0.15) is 11.4 Å². The van der Waals surface area contributed by atoms with Crippen LogP contribution in [0.4, 0.5) is 5.13 Å². The first-order valence-corrected chi connectivity index (χ1v) is 6.65. The number of thiazole rings is 2. The smallest absolute Gasteiger partial charge is 0.212 e. The lowest BCUT2D eigenvalue weighted by atomic mass is 10.4. The van der Waals surface area contributed by atoms with E-state index in [1.54, 1.807) is 11.3 Å². The maximum absolute atomic E-state index is 5.47. The SMILES string of the molecule is Cl.Cl.NCCc1nc(-c2csc(N=C(N)N)n2)cs1. The standard InChI is InChI=1S/C9H12N6S2.2ClH/c10-2-1-7-13-5(3-16-7)6-4-17-9(14-6)15-8(11)12;;/h3-4H,1-2,10H2,(H4,11,12,14,15);2*1H. The zero-order chi connectivity index (χ0) is 12.3. The summed E-state index contributed by atoms with van der Waals surface area (Å²) in [6.45, 7) is 0.600. The van der Waals surface area contributed by atoms with E-state index in [4.69, 9.17) is 17.2 Å². The molecular formula is C9H14Cl2N6S2. The maximum Gasteiger partial charge on any atom is 0.212 e. The Labute approximate surface area is 131 Å². The van der Waals surface area contributed by atoms with Crippen molar-refractivity contribution in [1.29, 1.82) is 0 Å². The first-order valence-electron chi connectivity index (χ1n) is 4.89. The van der Waals surface area contributed by atoms with E-state index in [0.717, 1.165) is 22.8 Å². The van der Waals surface area contributed by atoms with Crippen molar-refractivity contribution in [2.24, 2.45) is 22.2 Å². The molecule has 10 heteroatoms. The Bertz CT molecular complexity index is 534. The fourth-order valence-corrected chi connectivity index (χ4v) is 2.72. The largest absolute Gasteiger partial charge is 0.370 e. The molecule has 0 fully saturated rings. The molecule has 2 aromatic rings. The quantitative estimate of drug-likeness (QED) is 0.576. The van der Waals surface area contributed by atoms with Crippen molar-refractivity contribution >= 4 is 58.6 Å². The Kier molecular flexibility index (Phi) is 7.88. The summed E-state index contributed by atoms with van der Waals surface area (Å²) in [6.07, 6.45) is 0.787. The average molecular weight is 341 g/mol. The summed E-state index contributed by atoms with van der Waals surface area (Å²) >= 11 is 2.96. The predicted molar refractivity (Wildman–Crippen MR) is 85.9 cm³/mol. The Morgan fingerprint density at radius 3 is 2.37 bits per heavy atom. The number of aliphatic imine (C=N–C) groups is 1. The second-order valence-corrected chi connectivity index (χ2v) is 5.00. The number of nitrogens with two attached hydrogens (primary N) is 3. The molecule has 0 aliphatic rings. The number of rotatable bonds is 4. The van der Waals surface area contributed by atoms with Crippen molar-refractivity contribution < 1.29 is 0 Å². The number of hydrogen-bond acceptors (Lipinski definition) is 6. The Morgan fingerprint density at radius 2 is 1.74 bits per heavy atom. The first kappa shape index (κ1) is 18.1. The lowest BCUT2D eigenvalue weighted by Crippen LogP contribution is -2.21. The van der Waals surface area contributed by atoms with E-state index in [1.165, 1.54) is 11.3 Å². The molecule has 0 saturated carbocycles. The summed E-state index contributed by atoms with van der Waals surface area (Å²) in [7, 11) is 0. The summed E-state index contributed by atoms with van der Waals surface area (Å²) in [5, 5.41) is 5.38. The molecular weight excluding hydrogens is 327 g/mol. The molecule has 19 heavy (non-hydrogen) atoms. The van der Waals surface area contributed by atoms with Crippen LogP contribution in [-0.2, 0) is 6.42 Å². The number of nitrogens with zero attached hydrogens (tertiary/aromatic N) is 3. The Hall–Kier alpha value is -0.930. The second kappa shape index (κ2) is 8.28. The zero-order valence-corrected chi connectivity index (χ0v) is 13.0. The van der Waals surface area contributed by atoms with E-state index >= 15 is 0 Å². The molecule has 6 nitrogen and oxygen atoms in total. The van der Waals surface area contributed by atoms with Gasteiger partial charge in [0.25, 0.3) is 0 Å². The summed E-state index contributed by atoms with van der Waals surface area (Å²) in [5.41, 5.74) is 17.7. The Balaban J connectivity index is 0.00000162. The van der Waals surface area contributed by atoms with Crippen molar-refractivity contribution in [3.63, 3.8) is 0 Å². The molecule has 0 bridgehead atoms. The molecule has 2 heterocycles. The van der Waals surface area contributed by atoms with Crippen LogP contribution in [0.5, 0.6) is 0 Å². The zero-order valence-electron chi connectivity index (χ0n) is 9.78. The van der Waals surface area contributed by atoms with E-state index < -0.39 is 0 Å². The molecule has 0 radical (unpaired) electrons. The summed E-state index contributed by atoms with van der Waals surface area (Å²) in [4.78, 5) is 12.6. The van der Waals surface area contributed by atoms with Crippen LogP contribution < -0.4 is 17.2 Å². The van der Waals surface area contributed by atoms with E-state index in [9.17, 15) is 0 Å². The van der Waals surface area contributed by atoms with Crippen molar-refractivity contribution in [3.8, 4) is 11.4 Å². The summed E-state index contributed by atoms with van der Waals surface area (Å²) in [6, 6.07) is 0. The lowest BCUT2D eigenvalue weighted by Gasteiger charge is -1.89. The molecule has 6 N–H and O–H groups in total. The number of hydrogen-bond donors (Lipinski definition) is 3. The predicted octanol–water partition coefficient (Wildman–Crippen LogP) is 1.52. The van der Waals surface area contributed by atoms with Gasteiger partial charge in [-0.1, -0.05) is 0 Å². The van der Waals surface area contributed by atoms with E-state index in [-0.39, 0.29) is 30.8 Å². The first-order chi connectivity index (χ1) is 8.19. The van der Waals surface area contributed by atoms with Gasteiger partial charge < -0.3 is 17.2 Å². The molecule has 0 aromatic carbocycles. The van der Waals surface area contributed by atoms with Gasteiger partial charge in [0.2, 0.25) is 5.13 Å². The van der Waals surface area contributed by atoms with Crippen molar-refractivity contribution in [2.45, 2.75) is 6.42 Å². The molecule has 2 aromatic heterocycles. The van der Waals surface area contributed by atoms with Crippen LogP contribution in [0.25, 0.3) is 11.4 Å². The van der Waals surface area contributed by atoms with E-state index in [1.807, 2.05) is 10.8 Å². The highest BCUT2D eigenvalue weighted by Crippen LogP contribution is 2.27. The van der Waals surface area contributed by atoms with Gasteiger partial charge >= 0.3 is 0 Å². The van der Waals surface area contributed by atoms with Crippen LogP contribution in [0.1, 0.15) is 5.01 Å². The maximum atomic E-state index is 5.47.